The molecule has 2 aliphatic heterocycles. The number of anilines is 9. The summed E-state index contributed by atoms with van der Waals surface area (Å²) >= 11 is 0. The van der Waals surface area contributed by atoms with E-state index in [1.807, 2.05) is 0 Å². The predicted octanol–water partition coefficient (Wildman–Crippen LogP) is 18.3. The Morgan fingerprint density at radius 3 is 1.61 bits per heavy atom. The van der Waals surface area contributed by atoms with Crippen molar-refractivity contribution < 1.29 is 4.42 Å². The molecule has 388 valence electrons. The topological polar surface area (TPSA) is 22.9 Å². The Bertz CT molecular complexity index is 3860. The van der Waals surface area contributed by atoms with Crippen LogP contribution in [0.3, 0.4) is 0 Å². The summed E-state index contributed by atoms with van der Waals surface area (Å²) in [5, 5.41) is 2.27. The quantitative estimate of drug-likeness (QED) is 0.160. The van der Waals surface area contributed by atoms with E-state index in [4.69, 9.17) is 4.42 Å². The van der Waals surface area contributed by atoms with Crippen molar-refractivity contribution in [2.24, 2.45) is 0 Å². The summed E-state index contributed by atoms with van der Waals surface area (Å²) in [5.74, 6) is 0. The molecule has 0 radical (unpaired) electrons. The SMILES string of the molecule is Cc1cc2c(cc1N1c3cc4c(cc3B3c5ccc(N(c6ccccc6)c6ccccc6)cc5N(c5ccc(C(C)(C)C)c6oc7ccccc7c56)c5cc(C(C)(C)C)cc1c53)C(C)(C)CC4(C)C)C(C)(C)CCC2(C)C. The van der Waals surface area contributed by atoms with E-state index in [0.29, 0.717) is 0 Å². The summed E-state index contributed by atoms with van der Waals surface area (Å²) < 4.78 is 7.10. The third-order valence-corrected chi connectivity index (χ3v) is 18.6. The third kappa shape index (κ3) is 7.52. The fraction of sp³-hybridized carbons (Fsp3) is 0.333. The summed E-state index contributed by atoms with van der Waals surface area (Å²) in [6, 6.07) is 58.2. The number of nitrogens with zero attached hydrogens (tertiary/aromatic N) is 3. The molecule has 4 aliphatic rings. The Kier molecular flexibility index (Phi) is 10.6. The Labute approximate surface area is 459 Å². The molecule has 0 bridgehead atoms. The van der Waals surface area contributed by atoms with E-state index in [0.717, 1.165) is 57.5 Å². The van der Waals surface area contributed by atoms with E-state index in [1.54, 1.807) is 0 Å². The van der Waals surface area contributed by atoms with Gasteiger partial charge in [0.1, 0.15) is 11.2 Å². The van der Waals surface area contributed by atoms with Crippen LogP contribution in [0, 0.1) is 6.92 Å². The van der Waals surface area contributed by atoms with Crippen LogP contribution >= 0.6 is 0 Å². The van der Waals surface area contributed by atoms with Crippen LogP contribution in [-0.4, -0.2) is 6.71 Å². The van der Waals surface area contributed by atoms with Gasteiger partial charge in [0.15, 0.2) is 0 Å². The molecule has 77 heavy (non-hydrogen) atoms. The van der Waals surface area contributed by atoms with Gasteiger partial charge in [-0.15, -0.1) is 0 Å². The van der Waals surface area contributed by atoms with Crippen molar-refractivity contribution in [1.29, 1.82) is 0 Å². The highest BCUT2D eigenvalue weighted by atomic mass is 16.3. The Morgan fingerprint density at radius 1 is 0.468 bits per heavy atom. The lowest BCUT2D eigenvalue weighted by molar-refractivity contribution is 0.332. The summed E-state index contributed by atoms with van der Waals surface area (Å²) in [7, 11) is 0. The maximum Gasteiger partial charge on any atom is 0.252 e. The van der Waals surface area contributed by atoms with Crippen LogP contribution in [-0.2, 0) is 32.5 Å². The molecule has 2 aliphatic carbocycles. The molecular weight excluding hydrogens is 934 g/mol. The lowest BCUT2D eigenvalue weighted by atomic mass is 9.33. The van der Waals surface area contributed by atoms with E-state index in [1.165, 1.54) is 90.2 Å². The van der Waals surface area contributed by atoms with Crippen LogP contribution in [0.5, 0.6) is 0 Å². The fourth-order valence-corrected chi connectivity index (χ4v) is 14.7. The first-order chi connectivity index (χ1) is 36.3. The molecule has 8 aromatic carbocycles. The lowest BCUT2D eigenvalue weighted by Gasteiger charge is -2.47. The minimum absolute atomic E-state index is 0.00159. The van der Waals surface area contributed by atoms with Crippen LogP contribution in [0.4, 0.5) is 51.2 Å². The van der Waals surface area contributed by atoms with Crippen molar-refractivity contribution >= 4 is 96.2 Å². The Balaban J connectivity index is 1.20. The van der Waals surface area contributed by atoms with E-state index < -0.39 is 0 Å². The fourth-order valence-electron chi connectivity index (χ4n) is 14.7. The second-order valence-electron chi connectivity index (χ2n) is 28.1. The summed E-state index contributed by atoms with van der Waals surface area (Å²) in [4.78, 5) is 7.82. The van der Waals surface area contributed by atoms with Gasteiger partial charge >= 0.3 is 0 Å². The van der Waals surface area contributed by atoms with Gasteiger partial charge in [0, 0.05) is 56.4 Å². The summed E-state index contributed by atoms with van der Waals surface area (Å²) in [6.07, 6.45) is 3.43. The molecule has 13 rings (SSSR count). The number of aryl methyl sites for hydroxylation is 1. The molecule has 0 N–H and O–H groups in total. The molecule has 1 aromatic heterocycles. The molecule has 0 saturated carbocycles. The van der Waals surface area contributed by atoms with Gasteiger partial charge in [-0.3, -0.25) is 0 Å². The molecule has 0 saturated heterocycles. The minimum Gasteiger partial charge on any atom is -0.456 e. The van der Waals surface area contributed by atoms with Gasteiger partial charge in [-0.25, -0.2) is 0 Å². The van der Waals surface area contributed by atoms with Crippen molar-refractivity contribution in [3.63, 3.8) is 0 Å². The Hall–Kier alpha value is -6.98. The van der Waals surface area contributed by atoms with Crippen LogP contribution in [0.25, 0.3) is 21.9 Å². The normalized spacial score (nSPS) is 17.5. The van der Waals surface area contributed by atoms with Crippen molar-refractivity contribution in [3.05, 3.63) is 191 Å². The number of benzene rings is 8. The van der Waals surface area contributed by atoms with Crippen LogP contribution in [0.2, 0.25) is 0 Å². The van der Waals surface area contributed by atoms with Crippen molar-refractivity contribution in [2.75, 3.05) is 14.7 Å². The highest BCUT2D eigenvalue weighted by Gasteiger charge is 2.50. The van der Waals surface area contributed by atoms with Crippen molar-refractivity contribution in [2.45, 2.75) is 156 Å². The van der Waals surface area contributed by atoms with E-state index >= 15 is 0 Å². The zero-order valence-electron chi connectivity index (χ0n) is 48.4. The molecular formula is C72H76BN3O. The monoisotopic (exact) mass is 1010 g/mol. The molecule has 9 aromatic rings. The van der Waals surface area contributed by atoms with Crippen molar-refractivity contribution in [1.82, 2.24) is 0 Å². The van der Waals surface area contributed by atoms with E-state index in [9.17, 15) is 0 Å². The van der Waals surface area contributed by atoms with Gasteiger partial charge in [-0.2, -0.15) is 0 Å². The molecule has 0 spiro atoms. The van der Waals surface area contributed by atoms with Crippen LogP contribution in [0.15, 0.2) is 156 Å². The molecule has 0 fully saturated rings. The second-order valence-corrected chi connectivity index (χ2v) is 28.1. The molecule has 0 unspecified atom stereocenters. The highest BCUT2D eigenvalue weighted by Crippen LogP contribution is 2.56. The average molecular weight is 1010 g/mol. The van der Waals surface area contributed by atoms with Crippen LogP contribution < -0.4 is 31.1 Å². The predicted molar refractivity (Wildman–Crippen MR) is 331 cm³/mol. The first kappa shape index (κ1) is 49.6. The zero-order chi connectivity index (χ0) is 54.1. The lowest BCUT2D eigenvalue weighted by Crippen LogP contribution is -2.61. The third-order valence-electron chi connectivity index (χ3n) is 18.6. The maximum absolute atomic E-state index is 7.10. The first-order valence-corrected chi connectivity index (χ1v) is 28.5. The summed E-state index contributed by atoms with van der Waals surface area (Å²) in [6.45, 7) is 36.2. The second kappa shape index (κ2) is 16.5. The highest BCUT2D eigenvalue weighted by molar-refractivity contribution is 7.00. The smallest absolute Gasteiger partial charge is 0.252 e. The van der Waals surface area contributed by atoms with Gasteiger partial charge in [-0.1, -0.05) is 176 Å². The number of fused-ring (bicyclic) bond motifs is 9. The number of hydrogen-bond acceptors (Lipinski definition) is 4. The Morgan fingerprint density at radius 2 is 1.00 bits per heavy atom. The number of para-hydroxylation sites is 3. The van der Waals surface area contributed by atoms with Gasteiger partial charge in [-0.05, 0) is 181 Å². The number of rotatable bonds is 5. The van der Waals surface area contributed by atoms with Gasteiger partial charge in [0.2, 0.25) is 0 Å². The molecule has 5 heteroatoms. The molecule has 0 atom stereocenters. The standard InChI is InChI=1S/C72H76BN3O/c1-44-36-51-53(70(10,11)35-34-69(51,8)9)41-58(44)76-60-42-54-52(71(12,13)43-72(54,14)15)40-56(60)73-55-32-30-48(74(46-24-18-16-19-25-46)47-26-20-17-21-27-47)39-59(55)75(61-37-45(67(2,3)4)38-62(76)65(61)73)57-33-31-50(68(5,6)7)66-64(57)49-28-22-23-29-63(49)77-66/h16-33,36-42H,34-35,43H2,1-15H3. The van der Waals surface area contributed by atoms with Crippen molar-refractivity contribution in [3.8, 4) is 0 Å². The van der Waals surface area contributed by atoms with E-state index in [2.05, 4.69) is 270 Å². The first-order valence-electron chi connectivity index (χ1n) is 28.5. The van der Waals surface area contributed by atoms with Gasteiger partial charge in [0.05, 0.1) is 11.1 Å². The number of furan rings is 1. The molecule has 4 nitrogen and oxygen atoms in total. The molecule has 3 heterocycles. The van der Waals surface area contributed by atoms with Crippen LogP contribution in [0.1, 0.15) is 155 Å². The number of hydrogen-bond donors (Lipinski definition) is 0. The maximum atomic E-state index is 7.10. The zero-order valence-corrected chi connectivity index (χ0v) is 48.4. The largest absolute Gasteiger partial charge is 0.456 e. The average Bonchev–Trinajstić information content (AvgIpc) is 4.00. The van der Waals surface area contributed by atoms with Gasteiger partial charge in [0.25, 0.3) is 6.71 Å². The van der Waals surface area contributed by atoms with E-state index in [-0.39, 0.29) is 39.2 Å². The summed E-state index contributed by atoms with van der Waals surface area (Å²) in [5.41, 5.74) is 26.1. The minimum atomic E-state index is -0.188. The van der Waals surface area contributed by atoms with Gasteiger partial charge < -0.3 is 19.1 Å². The molecule has 0 amide bonds.